The lowest BCUT2D eigenvalue weighted by Gasteiger charge is -2.26. The zero-order valence-corrected chi connectivity index (χ0v) is 8.40. The fourth-order valence-corrected chi connectivity index (χ4v) is 1.05. The molecule has 0 aliphatic heterocycles. The van der Waals surface area contributed by atoms with Crippen molar-refractivity contribution in [2.24, 2.45) is 0 Å². The lowest BCUT2D eigenvalue weighted by atomic mass is 9.99. The number of carbonyl (C=O) groups excluding carboxylic acids is 2. The molecule has 0 aliphatic rings. The number of aldehydes is 1. The van der Waals surface area contributed by atoms with Gasteiger partial charge >= 0.3 is 0 Å². The SMILES string of the molecule is CC(C=O)OC(C)(C)C(=O)C(C)O. The van der Waals surface area contributed by atoms with Crippen molar-refractivity contribution in [1.29, 1.82) is 0 Å². The summed E-state index contributed by atoms with van der Waals surface area (Å²) in [5, 5.41) is 9.02. The molecule has 0 heterocycles. The molecule has 0 amide bonds. The Morgan fingerprint density at radius 2 is 1.92 bits per heavy atom. The number of ether oxygens (including phenoxy) is 1. The zero-order chi connectivity index (χ0) is 10.6. The van der Waals surface area contributed by atoms with Gasteiger partial charge in [-0.1, -0.05) is 0 Å². The third kappa shape index (κ3) is 3.65. The third-order valence-corrected chi connectivity index (χ3v) is 1.64. The van der Waals surface area contributed by atoms with Gasteiger partial charge in [-0.05, 0) is 27.7 Å². The van der Waals surface area contributed by atoms with Gasteiger partial charge in [-0.15, -0.1) is 0 Å². The Morgan fingerprint density at radius 1 is 1.46 bits per heavy atom. The highest BCUT2D eigenvalue weighted by atomic mass is 16.5. The molecule has 0 aliphatic carbocycles. The molecule has 4 heteroatoms. The molecule has 0 aromatic heterocycles. The van der Waals surface area contributed by atoms with Gasteiger partial charge in [0.05, 0.1) is 0 Å². The highest BCUT2D eigenvalue weighted by Gasteiger charge is 2.32. The van der Waals surface area contributed by atoms with Crippen LogP contribution in [0.15, 0.2) is 0 Å². The van der Waals surface area contributed by atoms with Crippen LogP contribution in [0.5, 0.6) is 0 Å². The van der Waals surface area contributed by atoms with E-state index in [1.54, 1.807) is 6.92 Å². The summed E-state index contributed by atoms with van der Waals surface area (Å²) in [6.45, 7) is 5.98. The van der Waals surface area contributed by atoms with E-state index in [0.717, 1.165) is 0 Å². The summed E-state index contributed by atoms with van der Waals surface area (Å²) in [5.41, 5.74) is -1.12. The van der Waals surface area contributed by atoms with Gasteiger partial charge in [0.25, 0.3) is 0 Å². The first-order chi connectivity index (χ1) is 5.81. The van der Waals surface area contributed by atoms with Crippen molar-refractivity contribution >= 4 is 12.1 Å². The molecule has 0 spiro atoms. The summed E-state index contributed by atoms with van der Waals surface area (Å²) in [5.74, 6) is -0.429. The Bertz CT molecular complexity index is 196. The maximum absolute atomic E-state index is 11.3. The molecule has 2 atom stereocenters. The number of aliphatic hydroxyl groups excluding tert-OH is 1. The van der Waals surface area contributed by atoms with Gasteiger partial charge in [-0.2, -0.15) is 0 Å². The van der Waals surface area contributed by atoms with Crippen molar-refractivity contribution in [2.45, 2.75) is 45.5 Å². The number of hydrogen-bond donors (Lipinski definition) is 1. The zero-order valence-electron chi connectivity index (χ0n) is 8.40. The number of carbonyl (C=O) groups is 2. The molecule has 13 heavy (non-hydrogen) atoms. The van der Waals surface area contributed by atoms with E-state index in [1.807, 2.05) is 0 Å². The van der Waals surface area contributed by atoms with Crippen molar-refractivity contribution in [2.75, 3.05) is 0 Å². The van der Waals surface area contributed by atoms with Crippen LogP contribution in [-0.2, 0) is 14.3 Å². The minimum absolute atomic E-state index is 0.429. The van der Waals surface area contributed by atoms with Gasteiger partial charge in [-0.3, -0.25) is 4.79 Å². The van der Waals surface area contributed by atoms with Gasteiger partial charge in [0.2, 0.25) is 0 Å². The minimum Gasteiger partial charge on any atom is -0.385 e. The van der Waals surface area contributed by atoms with Gasteiger partial charge in [0.15, 0.2) is 5.78 Å². The van der Waals surface area contributed by atoms with E-state index < -0.39 is 23.6 Å². The molecular weight excluding hydrogens is 172 g/mol. The van der Waals surface area contributed by atoms with Crippen molar-refractivity contribution in [3.63, 3.8) is 0 Å². The Kier molecular flexibility index (Phi) is 4.23. The summed E-state index contributed by atoms with van der Waals surface area (Å²) in [6.07, 6.45) is -1.11. The number of ketones is 1. The first-order valence-corrected chi connectivity index (χ1v) is 4.16. The molecule has 0 fully saturated rings. The van der Waals surface area contributed by atoms with E-state index in [2.05, 4.69) is 0 Å². The van der Waals surface area contributed by atoms with Crippen molar-refractivity contribution in [3.05, 3.63) is 0 Å². The number of aliphatic hydroxyl groups is 1. The highest BCUT2D eigenvalue weighted by molar-refractivity contribution is 5.90. The number of Topliss-reactive ketones (excluding diaryl/α,β-unsaturated/α-hetero) is 1. The Balaban J connectivity index is 4.38. The lowest BCUT2D eigenvalue weighted by molar-refractivity contribution is -0.155. The normalized spacial score (nSPS) is 16.4. The molecule has 2 unspecified atom stereocenters. The molecule has 0 saturated carbocycles. The fraction of sp³-hybridized carbons (Fsp3) is 0.778. The molecule has 1 N–H and O–H groups in total. The van der Waals surface area contributed by atoms with E-state index in [-0.39, 0.29) is 0 Å². The van der Waals surface area contributed by atoms with Gasteiger partial charge in [-0.25, -0.2) is 0 Å². The van der Waals surface area contributed by atoms with E-state index in [0.29, 0.717) is 6.29 Å². The second-order valence-electron chi connectivity index (χ2n) is 3.51. The quantitative estimate of drug-likeness (QED) is 0.631. The minimum atomic E-state index is -1.12. The molecule has 4 nitrogen and oxygen atoms in total. The van der Waals surface area contributed by atoms with E-state index in [9.17, 15) is 9.59 Å². The average Bonchev–Trinajstić information content (AvgIpc) is 2.01. The molecular formula is C9H16O4. The number of hydrogen-bond acceptors (Lipinski definition) is 4. The topological polar surface area (TPSA) is 63.6 Å². The molecule has 0 bridgehead atoms. The molecule has 0 radical (unpaired) electrons. The van der Waals surface area contributed by atoms with Crippen LogP contribution in [0.4, 0.5) is 0 Å². The van der Waals surface area contributed by atoms with Gasteiger partial charge < -0.3 is 14.6 Å². The van der Waals surface area contributed by atoms with Crippen LogP contribution < -0.4 is 0 Å². The molecule has 0 saturated heterocycles. The van der Waals surface area contributed by atoms with Crippen LogP contribution in [0.25, 0.3) is 0 Å². The van der Waals surface area contributed by atoms with Gasteiger partial charge in [0, 0.05) is 0 Å². The summed E-state index contributed by atoms with van der Waals surface area (Å²) in [7, 11) is 0. The first kappa shape index (κ1) is 12.3. The second kappa shape index (κ2) is 4.48. The summed E-state index contributed by atoms with van der Waals surface area (Å²) in [4.78, 5) is 21.6. The Labute approximate surface area is 77.9 Å². The van der Waals surface area contributed by atoms with E-state index in [4.69, 9.17) is 9.84 Å². The summed E-state index contributed by atoms with van der Waals surface area (Å²) >= 11 is 0. The van der Waals surface area contributed by atoms with Crippen LogP contribution in [0.3, 0.4) is 0 Å². The standard InChI is InChI=1S/C9H16O4/c1-6(5-10)13-9(3,4)8(12)7(2)11/h5-7,11H,1-4H3. The molecule has 0 aromatic rings. The molecule has 0 aromatic carbocycles. The van der Waals surface area contributed by atoms with Crippen molar-refractivity contribution < 1.29 is 19.4 Å². The first-order valence-electron chi connectivity index (χ1n) is 4.16. The van der Waals surface area contributed by atoms with Crippen LogP contribution in [0.1, 0.15) is 27.7 Å². The average molecular weight is 188 g/mol. The molecule has 76 valence electrons. The largest absolute Gasteiger partial charge is 0.385 e. The summed E-state index contributed by atoms with van der Waals surface area (Å²) < 4.78 is 5.13. The van der Waals surface area contributed by atoms with Crippen LogP contribution in [0, 0.1) is 0 Å². The van der Waals surface area contributed by atoms with Crippen molar-refractivity contribution in [3.8, 4) is 0 Å². The van der Waals surface area contributed by atoms with Gasteiger partial charge in [0.1, 0.15) is 24.1 Å². The maximum Gasteiger partial charge on any atom is 0.192 e. The molecule has 0 rings (SSSR count). The highest BCUT2D eigenvalue weighted by Crippen LogP contribution is 2.14. The monoisotopic (exact) mass is 188 g/mol. The van der Waals surface area contributed by atoms with E-state index in [1.165, 1.54) is 20.8 Å². The smallest absolute Gasteiger partial charge is 0.192 e. The second-order valence-corrected chi connectivity index (χ2v) is 3.51. The Hall–Kier alpha value is -0.740. The van der Waals surface area contributed by atoms with Crippen molar-refractivity contribution in [1.82, 2.24) is 0 Å². The Morgan fingerprint density at radius 3 is 2.23 bits per heavy atom. The number of rotatable bonds is 5. The van der Waals surface area contributed by atoms with Crippen LogP contribution in [0.2, 0.25) is 0 Å². The predicted molar refractivity (Wildman–Crippen MR) is 47.4 cm³/mol. The van der Waals surface area contributed by atoms with Crippen LogP contribution in [-0.4, -0.2) is 35.0 Å². The van der Waals surface area contributed by atoms with Crippen LogP contribution >= 0.6 is 0 Å². The van der Waals surface area contributed by atoms with E-state index >= 15 is 0 Å². The third-order valence-electron chi connectivity index (χ3n) is 1.64. The predicted octanol–water partition coefficient (Wildman–Crippen LogP) is 0.319. The fourth-order valence-electron chi connectivity index (χ4n) is 1.05. The summed E-state index contributed by atoms with van der Waals surface area (Å²) in [6, 6.07) is 0. The lowest BCUT2D eigenvalue weighted by Crippen LogP contribution is -2.43. The maximum atomic E-state index is 11.3.